The maximum Gasteiger partial charge on any atom is 0.314 e. The predicted molar refractivity (Wildman–Crippen MR) is 81.6 cm³/mol. The van der Waals surface area contributed by atoms with Crippen LogP contribution in [0.1, 0.15) is 30.3 Å². The van der Waals surface area contributed by atoms with E-state index >= 15 is 0 Å². The van der Waals surface area contributed by atoms with Gasteiger partial charge in [0.1, 0.15) is 11.8 Å². The van der Waals surface area contributed by atoms with Crippen LogP contribution in [0.2, 0.25) is 0 Å². The van der Waals surface area contributed by atoms with Crippen LogP contribution in [0, 0.1) is 0 Å². The van der Waals surface area contributed by atoms with Crippen molar-refractivity contribution >= 4 is 23.6 Å². The lowest BCUT2D eigenvalue weighted by Gasteiger charge is -2.22. The van der Waals surface area contributed by atoms with Crippen LogP contribution in [0.25, 0.3) is 0 Å². The summed E-state index contributed by atoms with van der Waals surface area (Å²) >= 11 is 0.971. The lowest BCUT2D eigenvalue weighted by molar-refractivity contribution is -0.134. The third-order valence-corrected chi connectivity index (χ3v) is 4.35. The second kappa shape index (κ2) is 6.82. The highest BCUT2D eigenvalue weighted by molar-refractivity contribution is 7.99. The number of likely N-dealkylation sites (tertiary alicyclic amines) is 1. The Labute approximate surface area is 136 Å². The lowest BCUT2D eigenvalue weighted by atomic mass is 10.2. The molecule has 0 aliphatic carbocycles. The minimum atomic E-state index is -0.948. The van der Waals surface area contributed by atoms with E-state index in [1.807, 2.05) is 30.3 Å². The Kier molecular flexibility index (Phi) is 4.61. The summed E-state index contributed by atoms with van der Waals surface area (Å²) in [4.78, 5) is 24.4. The molecule has 8 heteroatoms. The fourth-order valence-corrected chi connectivity index (χ4v) is 3.00. The van der Waals surface area contributed by atoms with E-state index in [2.05, 4.69) is 10.2 Å². The predicted octanol–water partition coefficient (Wildman–Crippen LogP) is 2.11. The molecule has 1 amide bonds. The number of benzene rings is 1. The van der Waals surface area contributed by atoms with Gasteiger partial charge < -0.3 is 14.4 Å². The molecule has 23 heavy (non-hydrogen) atoms. The zero-order valence-electron chi connectivity index (χ0n) is 12.2. The van der Waals surface area contributed by atoms with E-state index in [4.69, 9.17) is 9.52 Å². The van der Waals surface area contributed by atoms with Crippen molar-refractivity contribution in [3.8, 4) is 0 Å². The van der Waals surface area contributed by atoms with Gasteiger partial charge in [0.25, 0.3) is 5.22 Å². The fraction of sp³-hybridized carbons (Fsp3) is 0.333. The third kappa shape index (κ3) is 3.70. The molecule has 2 heterocycles. The normalized spacial score (nSPS) is 17.7. The Bertz CT molecular complexity index is 704. The molecule has 1 aliphatic rings. The number of nitrogens with zero attached hydrogens (tertiary/aromatic N) is 3. The third-order valence-electron chi connectivity index (χ3n) is 3.55. The Morgan fingerprint density at radius 1 is 1.35 bits per heavy atom. The number of carboxylic acids is 1. The Balaban J connectivity index is 1.73. The maximum absolute atomic E-state index is 12.1. The van der Waals surface area contributed by atoms with E-state index < -0.39 is 5.97 Å². The molecule has 1 fully saturated rings. The van der Waals surface area contributed by atoms with Gasteiger partial charge in [0.2, 0.25) is 11.8 Å². The van der Waals surface area contributed by atoms with Gasteiger partial charge in [-0.1, -0.05) is 42.1 Å². The molecule has 1 saturated heterocycles. The van der Waals surface area contributed by atoms with Crippen molar-refractivity contribution in [1.82, 2.24) is 15.1 Å². The van der Waals surface area contributed by atoms with Crippen LogP contribution in [-0.4, -0.2) is 37.8 Å². The van der Waals surface area contributed by atoms with Crippen molar-refractivity contribution in [2.75, 3.05) is 5.75 Å². The number of amides is 1. The minimum Gasteiger partial charge on any atom is -0.481 e. The molecular weight excluding hydrogens is 318 g/mol. The molecule has 2 aromatic rings. The van der Waals surface area contributed by atoms with Gasteiger partial charge in [-0.3, -0.25) is 9.59 Å². The van der Waals surface area contributed by atoms with Crippen LogP contribution in [0.3, 0.4) is 0 Å². The van der Waals surface area contributed by atoms with Gasteiger partial charge in [0.05, 0.1) is 0 Å². The number of hydrogen-bond acceptors (Lipinski definition) is 6. The van der Waals surface area contributed by atoms with Gasteiger partial charge in [0, 0.05) is 13.0 Å². The SMILES string of the molecule is O=C(O)CSc1nnc(C2CCC(=O)N2Cc2ccccc2)o1. The zero-order chi connectivity index (χ0) is 16.2. The summed E-state index contributed by atoms with van der Waals surface area (Å²) in [5.74, 6) is -0.674. The summed E-state index contributed by atoms with van der Waals surface area (Å²) in [7, 11) is 0. The second-order valence-electron chi connectivity index (χ2n) is 5.15. The number of aliphatic carboxylic acids is 1. The number of carboxylic acid groups (broad SMARTS) is 1. The van der Waals surface area contributed by atoms with Crippen LogP contribution in [-0.2, 0) is 16.1 Å². The van der Waals surface area contributed by atoms with Crippen LogP contribution in [0.5, 0.6) is 0 Å². The van der Waals surface area contributed by atoms with Crippen molar-refractivity contribution < 1.29 is 19.1 Å². The van der Waals surface area contributed by atoms with Crippen molar-refractivity contribution in [3.63, 3.8) is 0 Å². The zero-order valence-corrected chi connectivity index (χ0v) is 13.0. The van der Waals surface area contributed by atoms with Gasteiger partial charge in [-0.25, -0.2) is 0 Å². The molecule has 3 rings (SSSR count). The average Bonchev–Trinajstić information content (AvgIpc) is 3.14. The van der Waals surface area contributed by atoms with Crippen LogP contribution < -0.4 is 0 Å². The smallest absolute Gasteiger partial charge is 0.314 e. The molecule has 1 N–H and O–H groups in total. The average molecular weight is 333 g/mol. The van der Waals surface area contributed by atoms with Gasteiger partial charge in [-0.05, 0) is 12.0 Å². The highest BCUT2D eigenvalue weighted by Crippen LogP contribution is 2.34. The van der Waals surface area contributed by atoms with Crippen LogP contribution in [0.4, 0.5) is 0 Å². The molecule has 1 unspecified atom stereocenters. The molecule has 0 bridgehead atoms. The van der Waals surface area contributed by atoms with Crippen molar-refractivity contribution in [2.24, 2.45) is 0 Å². The maximum atomic E-state index is 12.1. The fourth-order valence-electron chi connectivity index (χ4n) is 2.51. The first-order valence-electron chi connectivity index (χ1n) is 7.15. The van der Waals surface area contributed by atoms with E-state index in [0.717, 1.165) is 17.3 Å². The Hall–Kier alpha value is -2.35. The van der Waals surface area contributed by atoms with Crippen molar-refractivity contribution in [2.45, 2.75) is 30.7 Å². The molecule has 1 aromatic heterocycles. The molecule has 120 valence electrons. The largest absolute Gasteiger partial charge is 0.481 e. The number of hydrogen-bond donors (Lipinski definition) is 1. The second-order valence-corrected chi connectivity index (χ2v) is 6.08. The first kappa shape index (κ1) is 15.5. The van der Waals surface area contributed by atoms with Gasteiger partial charge >= 0.3 is 5.97 Å². The molecule has 0 radical (unpaired) electrons. The van der Waals surface area contributed by atoms with E-state index in [9.17, 15) is 9.59 Å². The quantitative estimate of drug-likeness (QED) is 0.809. The number of thioether (sulfide) groups is 1. The molecule has 1 atom stereocenters. The number of aromatic nitrogens is 2. The van der Waals surface area contributed by atoms with E-state index in [0.29, 0.717) is 25.3 Å². The summed E-state index contributed by atoms with van der Waals surface area (Å²) in [5.41, 5.74) is 1.03. The van der Waals surface area contributed by atoms with E-state index in [1.165, 1.54) is 0 Å². The van der Waals surface area contributed by atoms with Crippen molar-refractivity contribution in [3.05, 3.63) is 41.8 Å². The van der Waals surface area contributed by atoms with Gasteiger partial charge in [-0.15, -0.1) is 10.2 Å². The molecule has 0 spiro atoms. The van der Waals surface area contributed by atoms with E-state index in [1.54, 1.807) is 4.90 Å². The Morgan fingerprint density at radius 3 is 2.87 bits per heavy atom. The lowest BCUT2D eigenvalue weighted by Crippen LogP contribution is -2.27. The standard InChI is InChI=1S/C15H15N3O4S/c19-12-7-6-11(18(12)8-10-4-2-1-3-5-10)14-16-17-15(22-14)23-9-13(20)21/h1-5,11H,6-9H2,(H,20,21). The molecule has 0 saturated carbocycles. The van der Waals surface area contributed by atoms with Crippen LogP contribution in [0.15, 0.2) is 40.0 Å². The highest BCUT2D eigenvalue weighted by atomic mass is 32.2. The summed E-state index contributed by atoms with van der Waals surface area (Å²) in [6.45, 7) is 0.490. The van der Waals surface area contributed by atoms with E-state index in [-0.39, 0.29) is 22.9 Å². The van der Waals surface area contributed by atoms with Crippen molar-refractivity contribution in [1.29, 1.82) is 0 Å². The summed E-state index contributed by atoms with van der Waals surface area (Å²) in [6, 6.07) is 9.46. The molecule has 7 nitrogen and oxygen atoms in total. The van der Waals surface area contributed by atoms with Gasteiger partial charge in [0.15, 0.2) is 0 Å². The number of rotatable bonds is 6. The minimum absolute atomic E-state index is 0.0526. The molecule has 1 aromatic carbocycles. The Morgan fingerprint density at radius 2 is 2.13 bits per heavy atom. The topological polar surface area (TPSA) is 96.5 Å². The first-order chi connectivity index (χ1) is 11.1. The van der Waals surface area contributed by atoms with Crippen LogP contribution >= 0.6 is 11.8 Å². The summed E-state index contributed by atoms with van der Waals surface area (Å²) in [6.07, 6.45) is 1.06. The molecular formula is C15H15N3O4S. The molecule has 1 aliphatic heterocycles. The number of carbonyl (C=O) groups excluding carboxylic acids is 1. The summed E-state index contributed by atoms with van der Waals surface area (Å²) < 4.78 is 5.52. The number of carbonyl (C=O) groups is 2. The summed E-state index contributed by atoms with van der Waals surface area (Å²) in [5, 5.41) is 16.7. The van der Waals surface area contributed by atoms with Gasteiger partial charge in [-0.2, -0.15) is 0 Å². The monoisotopic (exact) mass is 333 g/mol. The first-order valence-corrected chi connectivity index (χ1v) is 8.13. The highest BCUT2D eigenvalue weighted by Gasteiger charge is 2.35.